The number of hydrogen-bond donors (Lipinski definition) is 2. The molecule has 1 aromatic rings. The molecule has 0 spiro atoms. The van der Waals surface area contributed by atoms with Crippen molar-refractivity contribution in [2.75, 3.05) is 12.4 Å². The molecule has 1 fully saturated rings. The highest BCUT2D eigenvalue weighted by Crippen LogP contribution is 2.36. The molecular formula is C16H20BrIN4S. The Morgan fingerprint density at radius 1 is 1.52 bits per heavy atom. The Labute approximate surface area is 163 Å². The fourth-order valence-electron chi connectivity index (χ4n) is 1.68. The molecule has 0 amide bonds. The van der Waals surface area contributed by atoms with Gasteiger partial charge in [-0.2, -0.15) is 0 Å². The summed E-state index contributed by atoms with van der Waals surface area (Å²) in [5.41, 5.74) is 1.89. The summed E-state index contributed by atoms with van der Waals surface area (Å²) in [7, 11) is 3.29. The molecule has 1 aliphatic carbocycles. The Morgan fingerprint density at radius 3 is 2.78 bits per heavy atom. The van der Waals surface area contributed by atoms with Gasteiger partial charge in [-0.15, -0.1) is 0 Å². The number of halogens is 2. The van der Waals surface area contributed by atoms with Gasteiger partial charge in [0.1, 0.15) is 5.82 Å². The van der Waals surface area contributed by atoms with Crippen LogP contribution >= 0.6 is 46.1 Å². The van der Waals surface area contributed by atoms with Gasteiger partial charge in [-0.05, 0) is 66.4 Å². The van der Waals surface area contributed by atoms with E-state index in [9.17, 15) is 0 Å². The van der Waals surface area contributed by atoms with Gasteiger partial charge in [-0.1, -0.05) is 20.4 Å². The minimum atomic E-state index is 0.522. The lowest BCUT2D eigenvalue weighted by Crippen LogP contribution is -2.17. The van der Waals surface area contributed by atoms with Crippen LogP contribution in [0.25, 0.3) is 0 Å². The Balaban J connectivity index is 0.00000127. The summed E-state index contributed by atoms with van der Waals surface area (Å²) in [5.74, 6) is 5.17. The molecule has 0 bridgehead atoms. The van der Waals surface area contributed by atoms with E-state index in [1.165, 1.54) is 21.8 Å². The Kier molecular flexibility index (Phi) is 9.67. The van der Waals surface area contributed by atoms with Crippen LogP contribution in [0.2, 0.25) is 0 Å². The third kappa shape index (κ3) is 7.14. The van der Waals surface area contributed by atoms with Crippen molar-refractivity contribution < 1.29 is 0 Å². The Hall–Kier alpha value is -0.720. The van der Waals surface area contributed by atoms with Crippen LogP contribution in [0.15, 0.2) is 35.0 Å². The minimum absolute atomic E-state index is 0.522. The molecule has 2 rings (SSSR count). The van der Waals surface area contributed by atoms with Crippen LogP contribution < -0.4 is 10.6 Å². The van der Waals surface area contributed by atoms with E-state index in [1.54, 1.807) is 6.20 Å². The maximum Gasteiger partial charge on any atom is 0.198 e. The molecule has 1 aliphatic rings. The van der Waals surface area contributed by atoms with Crippen LogP contribution in [0.5, 0.6) is 0 Å². The summed E-state index contributed by atoms with van der Waals surface area (Å²) in [4.78, 5) is 8.47. The summed E-state index contributed by atoms with van der Waals surface area (Å²) in [6.07, 6.45) is 6.18. The van der Waals surface area contributed by atoms with E-state index in [2.05, 4.69) is 75.5 Å². The van der Waals surface area contributed by atoms with Crippen molar-refractivity contribution in [1.82, 2.24) is 15.3 Å². The van der Waals surface area contributed by atoms with E-state index in [0.29, 0.717) is 16.5 Å². The number of allylic oxidation sites excluding steroid dienone is 2. The number of aromatic nitrogens is 2. The fourth-order valence-corrected chi connectivity index (χ4v) is 2.44. The predicted octanol–water partition coefficient (Wildman–Crippen LogP) is 5.10. The molecule has 0 aromatic carbocycles. The van der Waals surface area contributed by atoms with Gasteiger partial charge in [-0.25, -0.2) is 9.97 Å². The molecule has 1 aromatic heterocycles. The van der Waals surface area contributed by atoms with E-state index >= 15 is 0 Å². The lowest BCUT2D eigenvalue weighted by molar-refractivity contribution is 0.960. The number of nitrogens with zero attached hydrogens (tertiary/aromatic N) is 2. The van der Waals surface area contributed by atoms with Gasteiger partial charge in [-0.3, -0.25) is 0 Å². The molecule has 7 heteroatoms. The lowest BCUT2D eigenvalue weighted by atomic mass is 10.2. The number of nitrogens with one attached hydrogen (secondary N) is 2. The monoisotopic (exact) mass is 506 g/mol. The van der Waals surface area contributed by atoms with Gasteiger partial charge < -0.3 is 10.6 Å². The summed E-state index contributed by atoms with van der Waals surface area (Å²) >= 11 is 5.42. The van der Waals surface area contributed by atoms with Gasteiger partial charge in [0.15, 0.2) is 10.6 Å². The zero-order valence-corrected chi connectivity index (χ0v) is 18.0. The van der Waals surface area contributed by atoms with E-state index in [1.807, 2.05) is 27.0 Å². The van der Waals surface area contributed by atoms with E-state index in [4.69, 9.17) is 0 Å². The zero-order valence-electron chi connectivity index (χ0n) is 13.4. The first-order chi connectivity index (χ1) is 11.1. The van der Waals surface area contributed by atoms with Crippen LogP contribution in [0.4, 0.5) is 5.82 Å². The largest absolute Gasteiger partial charge is 0.375 e. The molecule has 4 nitrogen and oxygen atoms in total. The maximum absolute atomic E-state index is 4.35. The van der Waals surface area contributed by atoms with Gasteiger partial charge in [0.2, 0.25) is 0 Å². The van der Waals surface area contributed by atoms with Crippen LogP contribution in [-0.4, -0.2) is 17.0 Å². The van der Waals surface area contributed by atoms with Crippen molar-refractivity contribution >= 4 is 51.9 Å². The zero-order chi connectivity index (χ0) is 17.2. The van der Waals surface area contributed by atoms with Gasteiger partial charge in [0, 0.05) is 34.5 Å². The second-order valence-electron chi connectivity index (χ2n) is 4.49. The first kappa shape index (κ1) is 20.3. The van der Waals surface area contributed by atoms with Gasteiger partial charge in [0.25, 0.3) is 0 Å². The average Bonchev–Trinajstić information content (AvgIpc) is 3.40. The molecule has 0 aliphatic heterocycles. The van der Waals surface area contributed by atoms with Gasteiger partial charge in [0.05, 0.1) is 5.56 Å². The van der Waals surface area contributed by atoms with Crippen molar-refractivity contribution in [2.45, 2.75) is 26.7 Å². The topological polar surface area (TPSA) is 49.8 Å². The average molecular weight is 507 g/mol. The second kappa shape index (κ2) is 10.9. The first-order valence-corrected chi connectivity index (χ1v) is 11.5. The smallest absolute Gasteiger partial charge is 0.198 e. The number of hydrogen-bond acceptors (Lipinski definition) is 5. The van der Waals surface area contributed by atoms with Crippen molar-refractivity contribution in [3.8, 4) is 11.2 Å². The first-order valence-electron chi connectivity index (χ1n) is 7.30. The van der Waals surface area contributed by atoms with Crippen molar-refractivity contribution in [2.24, 2.45) is 5.92 Å². The molecule has 1 saturated carbocycles. The van der Waals surface area contributed by atoms with Crippen LogP contribution in [0.3, 0.4) is 0 Å². The summed E-state index contributed by atoms with van der Waals surface area (Å²) in [6, 6.07) is 0. The minimum Gasteiger partial charge on any atom is -0.375 e. The summed E-state index contributed by atoms with van der Waals surface area (Å²) in [6.45, 7) is 8.10. The van der Waals surface area contributed by atoms with Crippen LogP contribution in [0, 0.1) is 17.1 Å². The standard InChI is InChI=1S/C14H14BrIN4S.C2H6/c1-9(10-3-4-10)7-12(17-2)19-13-11(5-6-21-16)8-18-14(15)20-13;1-2/h7-8,10,17H,1,3-4H2,2H3,(H,18,19,20);1-2H3/b12-7+;. The molecule has 1 heterocycles. The van der Waals surface area contributed by atoms with Crippen molar-refractivity contribution in [3.05, 3.63) is 40.5 Å². The Morgan fingerprint density at radius 2 is 2.22 bits per heavy atom. The normalized spacial score (nSPS) is 13.2. The van der Waals surface area contributed by atoms with E-state index in [-0.39, 0.29) is 0 Å². The predicted molar refractivity (Wildman–Crippen MR) is 112 cm³/mol. The molecule has 0 unspecified atom stereocenters. The molecule has 0 atom stereocenters. The van der Waals surface area contributed by atoms with Crippen LogP contribution in [-0.2, 0) is 0 Å². The molecule has 0 saturated heterocycles. The second-order valence-corrected chi connectivity index (χ2v) is 6.88. The molecule has 2 N–H and O–H groups in total. The SMILES string of the molecule is C=C(/C=C(\NC)Nc1nc(Br)ncc1C#CSI)C1CC1.CC. The number of rotatable bonds is 5. The third-order valence-electron chi connectivity index (χ3n) is 2.94. The van der Waals surface area contributed by atoms with Gasteiger partial charge >= 0.3 is 0 Å². The molecule has 0 radical (unpaired) electrons. The highest BCUT2D eigenvalue weighted by molar-refractivity contribution is 14.2. The Bertz CT molecular complexity index is 633. The quantitative estimate of drug-likeness (QED) is 0.252. The number of anilines is 1. The highest BCUT2D eigenvalue weighted by Gasteiger charge is 2.23. The summed E-state index contributed by atoms with van der Waals surface area (Å²) < 4.78 is 0.522. The highest BCUT2D eigenvalue weighted by atomic mass is 127. The molecular weight excluding hydrogens is 487 g/mol. The van der Waals surface area contributed by atoms with Crippen LogP contribution in [0.1, 0.15) is 32.3 Å². The summed E-state index contributed by atoms with van der Waals surface area (Å²) in [5, 5.41) is 9.33. The third-order valence-corrected chi connectivity index (χ3v) is 4.16. The van der Waals surface area contributed by atoms with Crippen molar-refractivity contribution in [1.29, 1.82) is 0 Å². The molecule has 124 valence electrons. The van der Waals surface area contributed by atoms with E-state index in [0.717, 1.165) is 17.0 Å². The fraction of sp³-hybridized carbons (Fsp3) is 0.375. The van der Waals surface area contributed by atoms with E-state index < -0.39 is 0 Å². The molecule has 23 heavy (non-hydrogen) atoms. The lowest BCUT2D eigenvalue weighted by Gasteiger charge is -2.12. The van der Waals surface area contributed by atoms with Crippen molar-refractivity contribution in [3.63, 3.8) is 0 Å². The maximum atomic E-state index is 4.35.